The first-order chi connectivity index (χ1) is 10.2. The quantitative estimate of drug-likeness (QED) is 0.785. The van der Waals surface area contributed by atoms with Gasteiger partial charge in [0.15, 0.2) is 0 Å². The summed E-state index contributed by atoms with van der Waals surface area (Å²) < 4.78 is 6.64. The molecule has 1 aliphatic heterocycles. The third-order valence-electron chi connectivity index (χ3n) is 3.94. The van der Waals surface area contributed by atoms with E-state index in [1.54, 1.807) is 7.11 Å². The zero-order valence-corrected chi connectivity index (χ0v) is 16.1. The Bertz CT molecular complexity index is 458. The fourth-order valence-electron chi connectivity index (χ4n) is 2.84. The smallest absolute Gasteiger partial charge is 0.122 e. The van der Waals surface area contributed by atoms with Gasteiger partial charge in [0.2, 0.25) is 0 Å². The fraction of sp³-hybridized carbons (Fsp3) is 0.625. The van der Waals surface area contributed by atoms with Crippen LogP contribution in [-0.4, -0.2) is 42.2 Å². The van der Waals surface area contributed by atoms with Crippen LogP contribution in [0.3, 0.4) is 0 Å². The highest BCUT2D eigenvalue weighted by molar-refractivity contribution is 9.10. The van der Waals surface area contributed by atoms with Crippen molar-refractivity contribution in [3.8, 4) is 5.75 Å². The second kappa shape index (κ2) is 8.70. The predicted molar refractivity (Wildman–Crippen MR) is 100 cm³/mol. The molecule has 0 aromatic heterocycles. The van der Waals surface area contributed by atoms with Crippen molar-refractivity contribution in [2.45, 2.75) is 36.3 Å². The Labute approximate surface area is 145 Å². The van der Waals surface area contributed by atoms with E-state index in [-0.39, 0.29) is 0 Å². The highest BCUT2D eigenvalue weighted by Crippen LogP contribution is 2.36. The molecule has 0 saturated carbocycles. The van der Waals surface area contributed by atoms with Crippen molar-refractivity contribution >= 4 is 39.5 Å². The van der Waals surface area contributed by atoms with Crippen molar-refractivity contribution in [1.29, 1.82) is 0 Å². The standard InChI is InChI=1S/C16H24BrNOS2/c1-4-15-16(21-8-7-20-15)13(18-2)10-11-9-12(17)5-6-14(11)19-3/h5-6,9,13,15-16,18H,4,7-8,10H2,1-3H3. The molecule has 0 amide bonds. The Morgan fingerprint density at radius 2 is 2.14 bits per heavy atom. The van der Waals surface area contributed by atoms with E-state index in [0.29, 0.717) is 11.3 Å². The van der Waals surface area contributed by atoms with Gasteiger partial charge in [-0.1, -0.05) is 22.9 Å². The zero-order valence-electron chi connectivity index (χ0n) is 12.9. The number of benzene rings is 1. The lowest BCUT2D eigenvalue weighted by atomic mass is 9.99. The first-order valence-corrected chi connectivity index (χ1v) is 10.3. The maximum Gasteiger partial charge on any atom is 0.122 e. The number of hydrogen-bond donors (Lipinski definition) is 1. The van der Waals surface area contributed by atoms with Gasteiger partial charge in [-0.15, -0.1) is 0 Å². The Hall–Kier alpha value is 0.160. The van der Waals surface area contributed by atoms with Crippen LogP contribution in [0.15, 0.2) is 22.7 Å². The van der Waals surface area contributed by atoms with E-state index in [9.17, 15) is 0 Å². The summed E-state index contributed by atoms with van der Waals surface area (Å²) in [5, 5.41) is 4.97. The average Bonchev–Trinajstić information content (AvgIpc) is 2.52. The molecule has 1 aliphatic rings. The van der Waals surface area contributed by atoms with Crippen LogP contribution in [0.4, 0.5) is 0 Å². The van der Waals surface area contributed by atoms with Crippen LogP contribution in [0.1, 0.15) is 18.9 Å². The molecule has 1 saturated heterocycles. The van der Waals surface area contributed by atoms with Gasteiger partial charge < -0.3 is 10.1 Å². The van der Waals surface area contributed by atoms with E-state index in [1.807, 2.05) is 12.1 Å². The molecule has 2 nitrogen and oxygen atoms in total. The van der Waals surface area contributed by atoms with Gasteiger partial charge in [0.25, 0.3) is 0 Å². The molecular formula is C16H24BrNOS2. The molecular weight excluding hydrogens is 366 g/mol. The molecule has 0 bridgehead atoms. The van der Waals surface area contributed by atoms with Gasteiger partial charge >= 0.3 is 0 Å². The predicted octanol–water partition coefficient (Wildman–Crippen LogP) is 4.22. The summed E-state index contributed by atoms with van der Waals surface area (Å²) in [7, 11) is 3.84. The Morgan fingerprint density at radius 3 is 2.81 bits per heavy atom. The van der Waals surface area contributed by atoms with Crippen LogP contribution in [0.25, 0.3) is 0 Å². The minimum Gasteiger partial charge on any atom is -0.496 e. The number of methoxy groups -OCH3 is 1. The van der Waals surface area contributed by atoms with Crippen molar-refractivity contribution in [3.05, 3.63) is 28.2 Å². The molecule has 0 spiro atoms. The minimum atomic E-state index is 0.482. The van der Waals surface area contributed by atoms with Crippen molar-refractivity contribution in [1.82, 2.24) is 5.32 Å². The van der Waals surface area contributed by atoms with Crippen LogP contribution < -0.4 is 10.1 Å². The number of hydrogen-bond acceptors (Lipinski definition) is 4. The molecule has 3 atom stereocenters. The number of rotatable bonds is 6. The van der Waals surface area contributed by atoms with Gasteiger partial charge in [0, 0.05) is 32.5 Å². The van der Waals surface area contributed by atoms with E-state index in [2.05, 4.69) is 64.8 Å². The first-order valence-electron chi connectivity index (χ1n) is 7.42. The Balaban J connectivity index is 2.16. The summed E-state index contributed by atoms with van der Waals surface area (Å²) >= 11 is 7.84. The maximum absolute atomic E-state index is 5.53. The van der Waals surface area contributed by atoms with E-state index in [1.165, 1.54) is 23.5 Å². The molecule has 5 heteroatoms. The minimum absolute atomic E-state index is 0.482. The van der Waals surface area contributed by atoms with Crippen LogP contribution in [-0.2, 0) is 6.42 Å². The molecule has 1 heterocycles. The second-order valence-electron chi connectivity index (χ2n) is 5.21. The van der Waals surface area contributed by atoms with Crippen molar-refractivity contribution in [2.75, 3.05) is 25.7 Å². The van der Waals surface area contributed by atoms with Crippen LogP contribution >= 0.6 is 39.5 Å². The first kappa shape index (κ1) is 17.5. The van der Waals surface area contributed by atoms with Gasteiger partial charge in [0.1, 0.15) is 5.75 Å². The third-order valence-corrected chi connectivity index (χ3v) is 7.84. The van der Waals surface area contributed by atoms with E-state index < -0.39 is 0 Å². The third kappa shape index (κ3) is 4.57. The largest absolute Gasteiger partial charge is 0.496 e. The van der Waals surface area contributed by atoms with Gasteiger partial charge in [-0.25, -0.2) is 0 Å². The number of likely N-dealkylation sites (N-methyl/N-ethyl adjacent to an activating group) is 1. The molecule has 0 aliphatic carbocycles. The second-order valence-corrected chi connectivity index (χ2v) is 8.76. The van der Waals surface area contributed by atoms with E-state index >= 15 is 0 Å². The molecule has 1 N–H and O–H groups in total. The highest BCUT2D eigenvalue weighted by atomic mass is 79.9. The SMILES string of the molecule is CCC1SCCSC1C(Cc1cc(Br)ccc1OC)NC. The molecule has 1 fully saturated rings. The molecule has 1 aromatic rings. The van der Waals surface area contributed by atoms with Crippen molar-refractivity contribution in [2.24, 2.45) is 0 Å². The number of ether oxygens (including phenoxy) is 1. The lowest BCUT2D eigenvalue weighted by Gasteiger charge is -2.36. The summed E-state index contributed by atoms with van der Waals surface area (Å²) in [6.45, 7) is 2.31. The number of thioether (sulfide) groups is 2. The molecule has 21 heavy (non-hydrogen) atoms. The lowest BCUT2D eigenvalue weighted by molar-refractivity contribution is 0.404. The lowest BCUT2D eigenvalue weighted by Crippen LogP contribution is -2.45. The topological polar surface area (TPSA) is 21.3 Å². The maximum atomic E-state index is 5.53. The summed E-state index contributed by atoms with van der Waals surface area (Å²) in [5.41, 5.74) is 1.28. The van der Waals surface area contributed by atoms with Gasteiger partial charge in [0.05, 0.1) is 7.11 Å². The molecule has 0 radical (unpaired) electrons. The molecule has 118 valence electrons. The Morgan fingerprint density at radius 1 is 1.38 bits per heavy atom. The summed E-state index contributed by atoms with van der Waals surface area (Å²) in [4.78, 5) is 0. The summed E-state index contributed by atoms with van der Waals surface area (Å²) in [5.74, 6) is 3.54. The van der Waals surface area contributed by atoms with Crippen molar-refractivity contribution in [3.63, 3.8) is 0 Å². The Kier molecular flexibility index (Phi) is 7.26. The molecule has 2 rings (SSSR count). The van der Waals surface area contributed by atoms with E-state index in [0.717, 1.165) is 21.9 Å². The van der Waals surface area contributed by atoms with Crippen LogP contribution in [0.2, 0.25) is 0 Å². The van der Waals surface area contributed by atoms with Crippen molar-refractivity contribution < 1.29 is 4.74 Å². The normalized spacial score (nSPS) is 23.8. The average molecular weight is 390 g/mol. The number of halogens is 1. The highest BCUT2D eigenvalue weighted by Gasteiger charge is 2.31. The monoisotopic (exact) mass is 389 g/mol. The van der Waals surface area contributed by atoms with Gasteiger partial charge in [-0.2, -0.15) is 23.5 Å². The molecule has 1 aromatic carbocycles. The van der Waals surface area contributed by atoms with Crippen LogP contribution in [0.5, 0.6) is 5.75 Å². The van der Waals surface area contributed by atoms with Crippen LogP contribution in [0, 0.1) is 0 Å². The fourth-order valence-corrected chi connectivity index (χ4v) is 6.55. The summed E-state index contributed by atoms with van der Waals surface area (Å²) in [6.07, 6.45) is 2.25. The number of nitrogens with one attached hydrogen (secondary N) is 1. The molecule has 3 unspecified atom stereocenters. The van der Waals surface area contributed by atoms with Gasteiger partial charge in [-0.3, -0.25) is 0 Å². The summed E-state index contributed by atoms with van der Waals surface area (Å²) in [6, 6.07) is 6.75. The van der Waals surface area contributed by atoms with Gasteiger partial charge in [-0.05, 0) is 43.7 Å². The zero-order chi connectivity index (χ0) is 15.2. The van der Waals surface area contributed by atoms with E-state index in [4.69, 9.17) is 4.74 Å².